The molecule has 2 rings (SSSR count). The number of hydrogen-bond donors (Lipinski definition) is 3. The molecule has 0 fully saturated rings. The first-order valence-electron chi connectivity index (χ1n) is 7.48. The SMILES string of the molecule is COC(=N)C(C=N)c1cnc(N)c(OC(C)c2c(Cl)ccc(F)c2Cl)c1. The van der Waals surface area contributed by atoms with E-state index < -0.39 is 17.8 Å². The molecule has 2 unspecified atom stereocenters. The van der Waals surface area contributed by atoms with Gasteiger partial charge in [-0.05, 0) is 30.7 Å². The number of nitrogen functional groups attached to an aromatic ring is 1. The maximum Gasteiger partial charge on any atom is 0.193 e. The van der Waals surface area contributed by atoms with Gasteiger partial charge in [0.05, 0.1) is 18.1 Å². The van der Waals surface area contributed by atoms with Gasteiger partial charge in [0.25, 0.3) is 0 Å². The largest absolute Gasteiger partial charge is 0.484 e. The third kappa shape index (κ3) is 4.05. The second kappa shape index (κ2) is 8.33. The van der Waals surface area contributed by atoms with Crippen molar-refractivity contribution < 1.29 is 13.9 Å². The molecule has 2 atom stereocenters. The summed E-state index contributed by atoms with van der Waals surface area (Å²) in [5.74, 6) is -1.17. The second-order valence-corrected chi connectivity index (χ2v) is 6.17. The van der Waals surface area contributed by atoms with Crippen LogP contribution >= 0.6 is 23.2 Å². The number of nitrogens with zero attached hydrogens (tertiary/aromatic N) is 1. The minimum atomic E-state index is -0.730. The van der Waals surface area contributed by atoms with Crippen LogP contribution in [0, 0.1) is 16.6 Å². The molecule has 2 aromatic rings. The normalized spacial score (nSPS) is 13.0. The number of aromatic nitrogens is 1. The molecule has 1 aromatic heterocycles. The number of nitrogens with two attached hydrogens (primary N) is 1. The minimum absolute atomic E-state index is 0.0944. The van der Waals surface area contributed by atoms with E-state index in [1.54, 1.807) is 13.0 Å². The molecule has 0 aliphatic rings. The fourth-order valence-electron chi connectivity index (χ4n) is 2.35. The average Bonchev–Trinajstić information content (AvgIpc) is 2.61. The molecule has 0 spiro atoms. The third-order valence-electron chi connectivity index (χ3n) is 3.72. The highest BCUT2D eigenvalue weighted by molar-refractivity contribution is 6.36. The lowest BCUT2D eigenvalue weighted by Crippen LogP contribution is -2.15. The van der Waals surface area contributed by atoms with Crippen molar-refractivity contribution in [2.45, 2.75) is 18.9 Å². The van der Waals surface area contributed by atoms with Crippen molar-refractivity contribution in [3.05, 3.63) is 51.4 Å². The summed E-state index contributed by atoms with van der Waals surface area (Å²) in [7, 11) is 1.34. The summed E-state index contributed by atoms with van der Waals surface area (Å²) >= 11 is 12.1. The third-order valence-corrected chi connectivity index (χ3v) is 4.43. The number of anilines is 1. The van der Waals surface area contributed by atoms with E-state index in [0.29, 0.717) is 5.56 Å². The Morgan fingerprint density at radius 3 is 2.69 bits per heavy atom. The summed E-state index contributed by atoms with van der Waals surface area (Å²) in [4.78, 5) is 4.03. The molecule has 0 saturated carbocycles. The highest BCUT2D eigenvalue weighted by Gasteiger charge is 2.22. The van der Waals surface area contributed by atoms with E-state index in [1.165, 1.54) is 25.4 Å². The van der Waals surface area contributed by atoms with Gasteiger partial charge in [0.2, 0.25) is 0 Å². The number of benzene rings is 1. The van der Waals surface area contributed by atoms with Crippen LogP contribution in [0.1, 0.15) is 30.1 Å². The lowest BCUT2D eigenvalue weighted by Gasteiger charge is -2.20. The van der Waals surface area contributed by atoms with Crippen LogP contribution in [0.5, 0.6) is 5.75 Å². The first kappa shape index (κ1) is 19.9. The predicted octanol–water partition coefficient (Wildman–Crippen LogP) is 4.61. The molecule has 0 radical (unpaired) electrons. The van der Waals surface area contributed by atoms with Gasteiger partial charge in [0.1, 0.15) is 11.9 Å². The van der Waals surface area contributed by atoms with Gasteiger partial charge < -0.3 is 20.6 Å². The highest BCUT2D eigenvalue weighted by Crippen LogP contribution is 2.36. The standard InChI is InChI=1S/C17H17Cl2FN4O2/c1-8(14-11(18)3-4-12(20)15(14)19)26-13-5-9(7-24-16(13)22)10(6-21)17(23)25-2/h3-8,10,21,23H,1-2H3,(H2,22,24). The smallest absolute Gasteiger partial charge is 0.193 e. The zero-order valence-corrected chi connectivity index (χ0v) is 15.5. The van der Waals surface area contributed by atoms with Gasteiger partial charge in [0, 0.05) is 23.0 Å². The first-order chi connectivity index (χ1) is 12.3. The molecule has 9 heteroatoms. The Morgan fingerprint density at radius 2 is 2.08 bits per heavy atom. The van der Waals surface area contributed by atoms with Crippen LogP contribution in [-0.2, 0) is 4.74 Å². The topological polar surface area (TPSA) is 105 Å². The van der Waals surface area contributed by atoms with Crippen molar-refractivity contribution in [2.24, 2.45) is 0 Å². The molecule has 26 heavy (non-hydrogen) atoms. The molecule has 138 valence electrons. The summed E-state index contributed by atoms with van der Waals surface area (Å²) in [6.45, 7) is 1.64. The van der Waals surface area contributed by atoms with Crippen molar-refractivity contribution in [3.8, 4) is 5.75 Å². The van der Waals surface area contributed by atoms with Crippen LogP contribution in [0.15, 0.2) is 24.4 Å². The zero-order valence-electron chi connectivity index (χ0n) is 14.0. The van der Waals surface area contributed by atoms with Gasteiger partial charge in [-0.15, -0.1) is 0 Å². The van der Waals surface area contributed by atoms with Crippen LogP contribution in [-0.4, -0.2) is 24.2 Å². The molecule has 0 aliphatic carbocycles. The van der Waals surface area contributed by atoms with E-state index in [-0.39, 0.29) is 33.1 Å². The Kier molecular flexibility index (Phi) is 6.39. The number of rotatable bonds is 6. The summed E-state index contributed by atoms with van der Waals surface area (Å²) in [5.41, 5.74) is 6.62. The quantitative estimate of drug-likeness (QED) is 0.375. The van der Waals surface area contributed by atoms with Gasteiger partial charge in [-0.1, -0.05) is 23.2 Å². The van der Waals surface area contributed by atoms with Gasteiger partial charge in [-0.2, -0.15) is 0 Å². The molecule has 0 saturated heterocycles. The Labute approximate surface area is 160 Å². The summed E-state index contributed by atoms with van der Waals surface area (Å²) in [6.07, 6.45) is 1.76. The Balaban J connectivity index is 2.38. The average molecular weight is 399 g/mol. The maximum absolute atomic E-state index is 13.7. The molecule has 4 N–H and O–H groups in total. The van der Waals surface area contributed by atoms with E-state index in [2.05, 4.69) is 4.98 Å². The van der Waals surface area contributed by atoms with Crippen molar-refractivity contribution >= 4 is 41.1 Å². The van der Waals surface area contributed by atoms with E-state index in [4.69, 9.17) is 49.2 Å². The Hall–Kier alpha value is -2.38. The molecule has 0 bridgehead atoms. The number of halogens is 3. The highest BCUT2D eigenvalue weighted by atomic mass is 35.5. The lowest BCUT2D eigenvalue weighted by atomic mass is 10.0. The number of hydrogen-bond acceptors (Lipinski definition) is 6. The van der Waals surface area contributed by atoms with Crippen molar-refractivity contribution in [1.29, 1.82) is 10.8 Å². The fourth-order valence-corrected chi connectivity index (χ4v) is 3.03. The zero-order chi connectivity index (χ0) is 19.4. The number of pyridine rings is 1. The minimum Gasteiger partial charge on any atom is -0.484 e. The molecule has 1 heterocycles. The van der Waals surface area contributed by atoms with Crippen molar-refractivity contribution in [2.75, 3.05) is 12.8 Å². The summed E-state index contributed by atoms with van der Waals surface area (Å²) in [6, 6.07) is 4.10. The number of nitrogens with one attached hydrogen (secondary N) is 2. The Bertz CT molecular complexity index is 848. The number of methoxy groups -OCH3 is 1. The van der Waals surface area contributed by atoms with Gasteiger partial charge >= 0.3 is 0 Å². The van der Waals surface area contributed by atoms with Crippen LogP contribution in [0.2, 0.25) is 10.0 Å². The Morgan fingerprint density at radius 1 is 1.38 bits per heavy atom. The molecular formula is C17H17Cl2FN4O2. The van der Waals surface area contributed by atoms with Crippen LogP contribution in [0.25, 0.3) is 0 Å². The molecule has 0 amide bonds. The second-order valence-electron chi connectivity index (χ2n) is 5.38. The van der Waals surface area contributed by atoms with Crippen LogP contribution in [0.3, 0.4) is 0 Å². The first-order valence-corrected chi connectivity index (χ1v) is 8.24. The van der Waals surface area contributed by atoms with Crippen molar-refractivity contribution in [3.63, 3.8) is 0 Å². The van der Waals surface area contributed by atoms with E-state index >= 15 is 0 Å². The van der Waals surface area contributed by atoms with E-state index in [9.17, 15) is 4.39 Å². The predicted molar refractivity (Wildman–Crippen MR) is 100 cm³/mol. The molecular weight excluding hydrogens is 382 g/mol. The summed E-state index contributed by atoms with van der Waals surface area (Å²) < 4.78 is 24.4. The molecule has 1 aromatic carbocycles. The van der Waals surface area contributed by atoms with Crippen LogP contribution in [0.4, 0.5) is 10.2 Å². The van der Waals surface area contributed by atoms with Gasteiger partial charge in [-0.3, -0.25) is 5.41 Å². The van der Waals surface area contributed by atoms with Gasteiger partial charge in [-0.25, -0.2) is 9.37 Å². The van der Waals surface area contributed by atoms with Crippen LogP contribution < -0.4 is 10.5 Å². The van der Waals surface area contributed by atoms with Gasteiger partial charge in [0.15, 0.2) is 17.5 Å². The fraction of sp³-hybridized carbons (Fsp3) is 0.235. The summed E-state index contributed by atoms with van der Waals surface area (Å²) in [5, 5.41) is 15.4. The molecule has 0 aliphatic heterocycles. The maximum atomic E-state index is 13.7. The van der Waals surface area contributed by atoms with E-state index in [0.717, 1.165) is 6.21 Å². The number of ether oxygens (including phenoxy) is 2. The lowest BCUT2D eigenvalue weighted by molar-refractivity contribution is 0.227. The van der Waals surface area contributed by atoms with E-state index in [1.807, 2.05) is 0 Å². The van der Waals surface area contributed by atoms with Crippen molar-refractivity contribution in [1.82, 2.24) is 4.98 Å². The molecule has 6 nitrogen and oxygen atoms in total. The monoisotopic (exact) mass is 398 g/mol.